The highest BCUT2D eigenvalue weighted by Gasteiger charge is 2.40. The summed E-state index contributed by atoms with van der Waals surface area (Å²) in [5.41, 5.74) is 0. The van der Waals surface area contributed by atoms with Crippen molar-refractivity contribution < 1.29 is 17.6 Å². The number of carbonyl (C=O) groups is 1. The predicted octanol–water partition coefficient (Wildman–Crippen LogP) is 2.07. The maximum atomic E-state index is 13.1. The van der Waals surface area contributed by atoms with Crippen LogP contribution in [0, 0.1) is 17.7 Å². The number of amides is 1. The van der Waals surface area contributed by atoms with Crippen molar-refractivity contribution in [3.63, 3.8) is 0 Å². The molecule has 0 radical (unpaired) electrons. The molecular weight excluding hydrogens is 381 g/mol. The molecule has 0 aliphatic carbocycles. The molecule has 2 atom stereocenters. The number of hydrogen-bond acceptors (Lipinski definition) is 4. The standard InChI is InChI=1S/C20H30FN3O3S/c1-14(2)22-20(25)16-12-19(23(3)13-16)15-8-10-24(11-9-15)28(26,27)18-6-4-17(21)5-7-18/h4-7,14-16,19H,8-13H2,1-3H3,(H,22,25)/t16-,19-/m1/s1. The first-order valence-corrected chi connectivity index (χ1v) is 11.4. The Bertz CT molecular complexity index is 789. The smallest absolute Gasteiger partial charge is 0.243 e. The van der Waals surface area contributed by atoms with E-state index in [2.05, 4.69) is 17.3 Å². The number of sulfonamides is 1. The van der Waals surface area contributed by atoms with E-state index in [-0.39, 0.29) is 22.8 Å². The minimum Gasteiger partial charge on any atom is -0.354 e. The third-order valence-electron chi connectivity index (χ3n) is 5.90. The Hall–Kier alpha value is -1.51. The molecule has 0 spiro atoms. The first kappa shape index (κ1) is 21.2. The largest absolute Gasteiger partial charge is 0.354 e. The van der Waals surface area contributed by atoms with E-state index in [9.17, 15) is 17.6 Å². The molecule has 0 unspecified atom stereocenters. The van der Waals surface area contributed by atoms with Gasteiger partial charge in [-0.25, -0.2) is 12.8 Å². The Morgan fingerprint density at radius 1 is 1.18 bits per heavy atom. The molecule has 3 rings (SSSR count). The third kappa shape index (κ3) is 4.55. The maximum absolute atomic E-state index is 13.1. The highest BCUT2D eigenvalue weighted by Crippen LogP contribution is 2.34. The number of rotatable bonds is 5. The van der Waals surface area contributed by atoms with Crippen LogP contribution in [0.5, 0.6) is 0 Å². The molecule has 0 aromatic heterocycles. The van der Waals surface area contributed by atoms with E-state index in [0.717, 1.165) is 25.8 Å². The van der Waals surface area contributed by atoms with Crippen LogP contribution in [0.3, 0.4) is 0 Å². The summed E-state index contributed by atoms with van der Waals surface area (Å²) in [5.74, 6) is 0.0403. The molecular formula is C20H30FN3O3S. The molecule has 2 aliphatic heterocycles. The van der Waals surface area contributed by atoms with Crippen LogP contribution < -0.4 is 5.32 Å². The van der Waals surface area contributed by atoms with Gasteiger partial charge >= 0.3 is 0 Å². The van der Waals surface area contributed by atoms with Gasteiger partial charge < -0.3 is 10.2 Å². The molecule has 2 heterocycles. The lowest BCUT2D eigenvalue weighted by molar-refractivity contribution is -0.125. The van der Waals surface area contributed by atoms with Crippen LogP contribution >= 0.6 is 0 Å². The molecule has 156 valence electrons. The van der Waals surface area contributed by atoms with E-state index < -0.39 is 15.8 Å². The number of likely N-dealkylation sites (tertiary alicyclic amines) is 1. The Balaban J connectivity index is 1.59. The highest BCUT2D eigenvalue weighted by atomic mass is 32.2. The Morgan fingerprint density at radius 3 is 2.36 bits per heavy atom. The molecule has 6 nitrogen and oxygen atoms in total. The van der Waals surface area contributed by atoms with Crippen LogP contribution in [0.2, 0.25) is 0 Å². The summed E-state index contributed by atoms with van der Waals surface area (Å²) in [6, 6.07) is 5.43. The van der Waals surface area contributed by atoms with E-state index in [1.165, 1.54) is 28.6 Å². The van der Waals surface area contributed by atoms with Gasteiger partial charge in [0.2, 0.25) is 15.9 Å². The second kappa shape index (κ2) is 8.47. The minimum atomic E-state index is -3.59. The number of nitrogens with one attached hydrogen (secondary N) is 1. The number of piperidine rings is 1. The first-order chi connectivity index (χ1) is 13.2. The van der Waals surface area contributed by atoms with Gasteiger partial charge in [-0.05, 0) is 70.3 Å². The summed E-state index contributed by atoms with van der Waals surface area (Å²) in [5, 5.41) is 3.00. The summed E-state index contributed by atoms with van der Waals surface area (Å²) in [6.45, 7) is 5.59. The summed E-state index contributed by atoms with van der Waals surface area (Å²) >= 11 is 0. The molecule has 28 heavy (non-hydrogen) atoms. The number of halogens is 1. The van der Waals surface area contributed by atoms with Crippen molar-refractivity contribution in [1.29, 1.82) is 0 Å². The Morgan fingerprint density at radius 2 is 1.79 bits per heavy atom. The Labute approximate surface area is 167 Å². The summed E-state index contributed by atoms with van der Waals surface area (Å²) < 4.78 is 40.1. The average Bonchev–Trinajstić information content (AvgIpc) is 3.03. The second-order valence-electron chi connectivity index (χ2n) is 8.30. The van der Waals surface area contributed by atoms with Gasteiger partial charge in [0, 0.05) is 31.7 Å². The molecule has 8 heteroatoms. The van der Waals surface area contributed by atoms with Crippen LogP contribution in [0.1, 0.15) is 33.1 Å². The molecule has 0 saturated carbocycles. The zero-order chi connectivity index (χ0) is 20.5. The first-order valence-electron chi connectivity index (χ1n) is 9.95. The molecule has 1 N–H and O–H groups in total. The lowest BCUT2D eigenvalue weighted by Crippen LogP contribution is -2.43. The molecule has 1 aromatic rings. The fourth-order valence-electron chi connectivity index (χ4n) is 4.43. The van der Waals surface area contributed by atoms with E-state index >= 15 is 0 Å². The van der Waals surface area contributed by atoms with Crippen molar-refractivity contribution in [2.75, 3.05) is 26.7 Å². The predicted molar refractivity (Wildman–Crippen MR) is 106 cm³/mol. The Kier molecular flexibility index (Phi) is 6.41. The fourth-order valence-corrected chi connectivity index (χ4v) is 5.90. The van der Waals surface area contributed by atoms with Gasteiger partial charge in [0.05, 0.1) is 10.8 Å². The molecule has 2 aliphatic rings. The normalized spacial score (nSPS) is 25.3. The van der Waals surface area contributed by atoms with Gasteiger partial charge in [-0.2, -0.15) is 4.31 Å². The van der Waals surface area contributed by atoms with Crippen LogP contribution in [-0.4, -0.2) is 62.3 Å². The number of hydrogen-bond donors (Lipinski definition) is 1. The molecule has 0 bridgehead atoms. The van der Waals surface area contributed by atoms with E-state index in [1.54, 1.807) is 0 Å². The van der Waals surface area contributed by atoms with E-state index in [1.807, 2.05) is 13.8 Å². The topological polar surface area (TPSA) is 69.7 Å². The van der Waals surface area contributed by atoms with Crippen LogP contribution in [0.15, 0.2) is 29.2 Å². The van der Waals surface area contributed by atoms with Gasteiger partial charge in [-0.3, -0.25) is 4.79 Å². The van der Waals surface area contributed by atoms with Crippen molar-refractivity contribution in [2.24, 2.45) is 11.8 Å². The van der Waals surface area contributed by atoms with Gasteiger partial charge in [0.1, 0.15) is 5.82 Å². The SMILES string of the molecule is CC(C)NC(=O)[C@@H]1C[C@H](C2CCN(S(=O)(=O)c3ccc(F)cc3)CC2)N(C)C1. The molecule has 1 aromatic carbocycles. The van der Waals surface area contributed by atoms with Crippen molar-refractivity contribution in [1.82, 2.24) is 14.5 Å². The van der Waals surface area contributed by atoms with Crippen LogP contribution in [0.4, 0.5) is 4.39 Å². The summed E-state index contributed by atoms with van der Waals surface area (Å²) in [6.07, 6.45) is 2.37. The van der Waals surface area contributed by atoms with Crippen LogP contribution in [0.25, 0.3) is 0 Å². The summed E-state index contributed by atoms with van der Waals surface area (Å²) in [4.78, 5) is 14.7. The molecule has 1 amide bonds. The van der Waals surface area contributed by atoms with Crippen molar-refractivity contribution >= 4 is 15.9 Å². The van der Waals surface area contributed by atoms with Gasteiger partial charge in [-0.15, -0.1) is 0 Å². The maximum Gasteiger partial charge on any atom is 0.243 e. The third-order valence-corrected chi connectivity index (χ3v) is 7.81. The van der Waals surface area contributed by atoms with Crippen molar-refractivity contribution in [3.8, 4) is 0 Å². The average molecular weight is 412 g/mol. The number of benzene rings is 1. The number of nitrogens with zero attached hydrogens (tertiary/aromatic N) is 2. The number of carbonyl (C=O) groups excluding carboxylic acids is 1. The van der Waals surface area contributed by atoms with Gasteiger partial charge in [0.15, 0.2) is 0 Å². The monoisotopic (exact) mass is 411 g/mol. The highest BCUT2D eigenvalue weighted by molar-refractivity contribution is 7.89. The lowest BCUT2D eigenvalue weighted by atomic mass is 9.87. The van der Waals surface area contributed by atoms with Crippen molar-refractivity contribution in [3.05, 3.63) is 30.1 Å². The molecule has 2 fully saturated rings. The zero-order valence-electron chi connectivity index (χ0n) is 16.8. The lowest BCUT2D eigenvalue weighted by Gasteiger charge is -2.36. The van der Waals surface area contributed by atoms with Gasteiger partial charge in [0.25, 0.3) is 0 Å². The minimum absolute atomic E-state index is 0.00150. The van der Waals surface area contributed by atoms with E-state index in [4.69, 9.17) is 0 Å². The van der Waals surface area contributed by atoms with E-state index in [0.29, 0.717) is 25.0 Å². The fraction of sp³-hybridized carbons (Fsp3) is 0.650. The zero-order valence-corrected chi connectivity index (χ0v) is 17.6. The van der Waals surface area contributed by atoms with Crippen LogP contribution in [-0.2, 0) is 14.8 Å². The second-order valence-corrected chi connectivity index (χ2v) is 10.2. The van der Waals surface area contributed by atoms with Crippen molar-refractivity contribution in [2.45, 2.75) is 50.1 Å². The van der Waals surface area contributed by atoms with Gasteiger partial charge in [-0.1, -0.05) is 0 Å². The molecule has 2 saturated heterocycles. The summed E-state index contributed by atoms with van der Waals surface area (Å²) in [7, 11) is -1.54. The quantitative estimate of drug-likeness (QED) is 0.805.